The molecule has 1 aliphatic rings. The molecular formula is C24H26N2O3. The molecule has 4 rings (SSSR count). The van der Waals surface area contributed by atoms with Crippen molar-refractivity contribution in [2.75, 3.05) is 20.2 Å². The molecule has 2 heterocycles. The summed E-state index contributed by atoms with van der Waals surface area (Å²) < 4.78 is 13.3. The molecule has 2 aromatic carbocycles. The van der Waals surface area contributed by atoms with Gasteiger partial charge in [-0.3, -0.25) is 9.36 Å². The zero-order valence-corrected chi connectivity index (χ0v) is 16.7. The lowest BCUT2D eigenvalue weighted by Crippen LogP contribution is -2.30. The van der Waals surface area contributed by atoms with Gasteiger partial charge in [0.1, 0.15) is 24.7 Å². The lowest BCUT2D eigenvalue weighted by molar-refractivity contribution is 0.198. The fourth-order valence-corrected chi connectivity index (χ4v) is 3.59. The van der Waals surface area contributed by atoms with E-state index in [0.717, 1.165) is 23.5 Å². The van der Waals surface area contributed by atoms with Gasteiger partial charge in [-0.05, 0) is 62.3 Å². The van der Waals surface area contributed by atoms with Gasteiger partial charge in [0.25, 0.3) is 5.56 Å². The van der Waals surface area contributed by atoms with E-state index in [1.807, 2.05) is 60.7 Å². The average Bonchev–Trinajstić information content (AvgIpc) is 3.17. The van der Waals surface area contributed by atoms with Crippen LogP contribution in [0.3, 0.4) is 0 Å². The van der Waals surface area contributed by atoms with Gasteiger partial charge < -0.3 is 14.4 Å². The molecule has 0 radical (unpaired) electrons. The Kier molecular flexibility index (Phi) is 5.96. The van der Waals surface area contributed by atoms with E-state index < -0.39 is 0 Å². The van der Waals surface area contributed by atoms with Crippen LogP contribution in [0.15, 0.2) is 77.7 Å². The van der Waals surface area contributed by atoms with Crippen LogP contribution in [0.5, 0.6) is 11.5 Å². The first-order chi connectivity index (χ1) is 14.2. The summed E-state index contributed by atoms with van der Waals surface area (Å²) in [5.74, 6) is 1.39. The Morgan fingerprint density at radius 1 is 0.966 bits per heavy atom. The lowest BCUT2D eigenvalue weighted by atomic mass is 10.2. The molecule has 1 fully saturated rings. The number of aromatic nitrogens is 1. The van der Waals surface area contributed by atoms with Gasteiger partial charge >= 0.3 is 0 Å². The minimum atomic E-state index is -0.128. The van der Waals surface area contributed by atoms with Crippen molar-refractivity contribution in [1.29, 1.82) is 0 Å². The molecule has 0 N–H and O–H groups in total. The molecule has 5 heteroatoms. The van der Waals surface area contributed by atoms with E-state index >= 15 is 0 Å². The number of likely N-dealkylation sites (tertiary alicyclic amines) is 1. The SMILES string of the molecule is CN1CCC[C@H]1COc1ccc(-n2ccc(OCc3ccccc3)cc2=O)cc1. The zero-order chi connectivity index (χ0) is 20.1. The van der Waals surface area contributed by atoms with E-state index in [9.17, 15) is 4.79 Å². The molecule has 0 spiro atoms. The minimum absolute atomic E-state index is 0.128. The monoisotopic (exact) mass is 390 g/mol. The maximum Gasteiger partial charge on any atom is 0.258 e. The number of ether oxygens (including phenoxy) is 2. The van der Waals surface area contributed by atoms with Crippen LogP contribution in [0.4, 0.5) is 0 Å². The topological polar surface area (TPSA) is 43.7 Å². The first-order valence-corrected chi connectivity index (χ1v) is 10.0. The standard InChI is InChI=1S/C24H26N2O3/c1-25-14-5-8-21(25)18-29-22-11-9-20(10-12-22)26-15-13-23(16-24(26)27)28-17-19-6-3-2-4-7-19/h2-4,6-7,9-13,15-16,21H,5,8,14,17-18H2,1H3/t21-/m0/s1. The predicted octanol–water partition coefficient (Wildman–Crippen LogP) is 3.89. The molecule has 0 amide bonds. The Bertz CT molecular complexity index is 983. The summed E-state index contributed by atoms with van der Waals surface area (Å²) in [7, 11) is 2.14. The van der Waals surface area contributed by atoms with Crippen LogP contribution >= 0.6 is 0 Å². The smallest absolute Gasteiger partial charge is 0.258 e. The maximum absolute atomic E-state index is 12.5. The highest BCUT2D eigenvalue weighted by atomic mass is 16.5. The first-order valence-electron chi connectivity index (χ1n) is 10.0. The highest BCUT2D eigenvalue weighted by Crippen LogP contribution is 2.19. The highest BCUT2D eigenvalue weighted by molar-refractivity contribution is 5.38. The Labute approximate surface area is 171 Å². The van der Waals surface area contributed by atoms with Crippen molar-refractivity contribution in [3.8, 4) is 17.2 Å². The molecule has 0 unspecified atom stereocenters. The van der Waals surface area contributed by atoms with Gasteiger partial charge in [0.2, 0.25) is 0 Å². The van der Waals surface area contributed by atoms with E-state index in [1.165, 1.54) is 18.9 Å². The van der Waals surface area contributed by atoms with Gasteiger partial charge in [-0.15, -0.1) is 0 Å². The van der Waals surface area contributed by atoms with Crippen molar-refractivity contribution < 1.29 is 9.47 Å². The van der Waals surface area contributed by atoms with Crippen LogP contribution in [-0.4, -0.2) is 35.7 Å². The molecule has 0 aliphatic carbocycles. The molecule has 1 atom stereocenters. The number of benzene rings is 2. The second-order valence-electron chi connectivity index (χ2n) is 7.43. The Morgan fingerprint density at radius 2 is 1.76 bits per heavy atom. The van der Waals surface area contributed by atoms with Gasteiger partial charge in [-0.1, -0.05) is 30.3 Å². The average molecular weight is 390 g/mol. The number of hydrogen-bond acceptors (Lipinski definition) is 4. The molecule has 1 aliphatic heterocycles. The summed E-state index contributed by atoms with van der Waals surface area (Å²) in [6.07, 6.45) is 4.16. The van der Waals surface area contributed by atoms with E-state index in [4.69, 9.17) is 9.47 Å². The summed E-state index contributed by atoms with van der Waals surface area (Å²) in [6.45, 7) is 2.27. The van der Waals surface area contributed by atoms with Crippen molar-refractivity contribution in [3.63, 3.8) is 0 Å². The van der Waals surface area contributed by atoms with E-state index in [1.54, 1.807) is 10.8 Å². The maximum atomic E-state index is 12.5. The Hall–Kier alpha value is -3.05. The number of rotatable bonds is 7. The van der Waals surface area contributed by atoms with Crippen LogP contribution in [0.1, 0.15) is 18.4 Å². The first kappa shape index (κ1) is 19.3. The van der Waals surface area contributed by atoms with Crippen molar-refractivity contribution >= 4 is 0 Å². The highest BCUT2D eigenvalue weighted by Gasteiger charge is 2.21. The van der Waals surface area contributed by atoms with Gasteiger partial charge in [0, 0.05) is 24.0 Å². The summed E-state index contributed by atoms with van der Waals surface area (Å²) in [6, 6.07) is 21.3. The van der Waals surface area contributed by atoms with Crippen molar-refractivity contribution in [2.45, 2.75) is 25.5 Å². The van der Waals surface area contributed by atoms with Crippen LogP contribution in [-0.2, 0) is 6.61 Å². The molecule has 3 aromatic rings. The molecule has 5 nitrogen and oxygen atoms in total. The van der Waals surface area contributed by atoms with Crippen molar-refractivity contribution in [3.05, 3.63) is 88.8 Å². The van der Waals surface area contributed by atoms with E-state index in [2.05, 4.69) is 11.9 Å². The number of hydrogen-bond donors (Lipinski definition) is 0. The van der Waals surface area contributed by atoms with Crippen molar-refractivity contribution in [1.82, 2.24) is 9.47 Å². The Balaban J connectivity index is 1.38. The third kappa shape index (κ3) is 4.87. The van der Waals surface area contributed by atoms with Gasteiger partial charge in [0.15, 0.2) is 0 Å². The van der Waals surface area contributed by atoms with Crippen LogP contribution in [0, 0.1) is 0 Å². The molecule has 29 heavy (non-hydrogen) atoms. The summed E-state index contributed by atoms with van der Waals surface area (Å²) in [5, 5.41) is 0. The van der Waals surface area contributed by atoms with E-state index in [0.29, 0.717) is 25.0 Å². The van der Waals surface area contributed by atoms with E-state index in [-0.39, 0.29) is 5.56 Å². The molecule has 1 saturated heterocycles. The number of likely N-dealkylation sites (N-methyl/N-ethyl adjacent to an activating group) is 1. The zero-order valence-electron chi connectivity index (χ0n) is 16.7. The largest absolute Gasteiger partial charge is 0.492 e. The number of pyridine rings is 1. The fraction of sp³-hybridized carbons (Fsp3) is 0.292. The molecule has 0 saturated carbocycles. The van der Waals surface area contributed by atoms with Crippen LogP contribution in [0.25, 0.3) is 5.69 Å². The Morgan fingerprint density at radius 3 is 2.45 bits per heavy atom. The minimum Gasteiger partial charge on any atom is -0.492 e. The summed E-state index contributed by atoms with van der Waals surface area (Å²) >= 11 is 0. The second-order valence-corrected chi connectivity index (χ2v) is 7.43. The van der Waals surface area contributed by atoms with Gasteiger partial charge in [-0.2, -0.15) is 0 Å². The second kappa shape index (κ2) is 8.97. The molecular weight excluding hydrogens is 364 g/mol. The van der Waals surface area contributed by atoms with Crippen LogP contribution in [0.2, 0.25) is 0 Å². The summed E-state index contributed by atoms with van der Waals surface area (Å²) in [5.41, 5.74) is 1.74. The fourth-order valence-electron chi connectivity index (χ4n) is 3.59. The normalized spacial score (nSPS) is 16.7. The lowest BCUT2D eigenvalue weighted by Gasteiger charge is -2.19. The quantitative estimate of drug-likeness (QED) is 0.614. The van der Waals surface area contributed by atoms with Crippen molar-refractivity contribution in [2.24, 2.45) is 0 Å². The molecule has 0 bridgehead atoms. The third-order valence-corrected chi connectivity index (χ3v) is 5.37. The number of nitrogens with zero attached hydrogens (tertiary/aromatic N) is 2. The predicted molar refractivity (Wildman–Crippen MR) is 114 cm³/mol. The summed E-state index contributed by atoms with van der Waals surface area (Å²) in [4.78, 5) is 14.9. The molecule has 150 valence electrons. The van der Waals surface area contributed by atoms with Gasteiger partial charge in [-0.25, -0.2) is 0 Å². The third-order valence-electron chi connectivity index (χ3n) is 5.37. The molecule has 1 aromatic heterocycles. The van der Waals surface area contributed by atoms with Crippen LogP contribution < -0.4 is 15.0 Å². The van der Waals surface area contributed by atoms with Gasteiger partial charge in [0.05, 0.1) is 0 Å².